The first-order valence-corrected chi connectivity index (χ1v) is 7.66. The van der Waals surface area contributed by atoms with Crippen LogP contribution in [0.2, 0.25) is 0 Å². The van der Waals surface area contributed by atoms with Crippen molar-refractivity contribution in [2.75, 3.05) is 19.0 Å². The molecule has 2 aromatic heterocycles. The maximum Gasteiger partial charge on any atom is 0.320 e. The second-order valence-electron chi connectivity index (χ2n) is 5.16. The lowest BCUT2D eigenvalue weighted by Crippen LogP contribution is -2.28. The van der Waals surface area contributed by atoms with E-state index in [-0.39, 0.29) is 11.8 Å². The standard InChI is InChI=1S/C17H17N5O3/c1-3-18-17(24)22-14-9-20-15-11(6-7-19-16(15)21-14)10-4-5-12(23)13(8-10)25-2/h4-9,23H,3H2,1-2H3,(H2,18,19,21,22,24). The Bertz CT molecular complexity index is 929. The second-order valence-corrected chi connectivity index (χ2v) is 5.16. The number of phenols is 1. The largest absolute Gasteiger partial charge is 0.504 e. The van der Waals surface area contributed by atoms with Crippen molar-refractivity contribution in [3.63, 3.8) is 0 Å². The molecule has 25 heavy (non-hydrogen) atoms. The minimum Gasteiger partial charge on any atom is -0.504 e. The predicted molar refractivity (Wildman–Crippen MR) is 93.7 cm³/mol. The number of hydrogen-bond donors (Lipinski definition) is 3. The summed E-state index contributed by atoms with van der Waals surface area (Å²) in [6, 6.07) is 6.48. The third kappa shape index (κ3) is 3.42. The van der Waals surface area contributed by atoms with Gasteiger partial charge in [0.05, 0.1) is 13.3 Å². The Morgan fingerprint density at radius 3 is 2.88 bits per heavy atom. The van der Waals surface area contributed by atoms with E-state index in [1.54, 1.807) is 30.5 Å². The molecule has 0 saturated heterocycles. The van der Waals surface area contributed by atoms with Crippen molar-refractivity contribution in [3.8, 4) is 22.6 Å². The number of rotatable bonds is 4. The molecule has 3 N–H and O–H groups in total. The van der Waals surface area contributed by atoms with E-state index in [1.165, 1.54) is 13.3 Å². The number of nitrogens with zero attached hydrogens (tertiary/aromatic N) is 3. The number of benzene rings is 1. The normalized spacial score (nSPS) is 10.5. The Morgan fingerprint density at radius 1 is 1.28 bits per heavy atom. The molecule has 0 radical (unpaired) electrons. The number of fused-ring (bicyclic) bond motifs is 1. The van der Waals surface area contributed by atoms with Crippen LogP contribution in [0, 0.1) is 0 Å². The second kappa shape index (κ2) is 7.00. The molecule has 0 aliphatic heterocycles. The molecule has 8 nitrogen and oxygen atoms in total. The number of nitrogens with one attached hydrogen (secondary N) is 2. The molecule has 1 aromatic carbocycles. The van der Waals surface area contributed by atoms with Gasteiger partial charge in [-0.25, -0.2) is 19.7 Å². The van der Waals surface area contributed by atoms with Gasteiger partial charge in [-0.3, -0.25) is 5.32 Å². The Morgan fingerprint density at radius 2 is 2.12 bits per heavy atom. The summed E-state index contributed by atoms with van der Waals surface area (Å²) >= 11 is 0. The van der Waals surface area contributed by atoms with Crippen LogP contribution in [0.1, 0.15) is 6.92 Å². The fourth-order valence-corrected chi connectivity index (χ4v) is 2.38. The van der Waals surface area contributed by atoms with Crippen molar-refractivity contribution in [1.29, 1.82) is 0 Å². The lowest BCUT2D eigenvalue weighted by atomic mass is 10.1. The Hall–Kier alpha value is -3.42. The molecule has 0 aliphatic rings. The molecule has 0 fully saturated rings. The van der Waals surface area contributed by atoms with Crippen LogP contribution in [0.15, 0.2) is 36.7 Å². The molecule has 0 saturated carbocycles. The Labute approximate surface area is 143 Å². The van der Waals surface area contributed by atoms with Gasteiger partial charge >= 0.3 is 6.03 Å². The van der Waals surface area contributed by atoms with Crippen LogP contribution < -0.4 is 15.4 Å². The van der Waals surface area contributed by atoms with Gasteiger partial charge in [-0.05, 0) is 30.7 Å². The molecular formula is C17H17N5O3. The third-order valence-corrected chi connectivity index (χ3v) is 3.52. The van der Waals surface area contributed by atoms with Gasteiger partial charge in [-0.1, -0.05) is 6.07 Å². The van der Waals surface area contributed by atoms with Gasteiger partial charge in [0.15, 0.2) is 23.0 Å². The van der Waals surface area contributed by atoms with Gasteiger partial charge in [-0.15, -0.1) is 0 Å². The van der Waals surface area contributed by atoms with E-state index in [4.69, 9.17) is 4.74 Å². The van der Waals surface area contributed by atoms with Crippen molar-refractivity contribution in [1.82, 2.24) is 20.3 Å². The number of amides is 2. The van der Waals surface area contributed by atoms with Crippen molar-refractivity contribution in [2.45, 2.75) is 6.92 Å². The zero-order valence-electron chi connectivity index (χ0n) is 13.8. The summed E-state index contributed by atoms with van der Waals surface area (Å²) in [6.07, 6.45) is 3.09. The molecule has 0 aliphatic carbocycles. The number of phenolic OH excluding ortho intramolecular Hbond substituents is 1. The van der Waals surface area contributed by atoms with E-state index in [0.717, 1.165) is 11.1 Å². The van der Waals surface area contributed by atoms with Gasteiger partial charge < -0.3 is 15.2 Å². The number of carbonyl (C=O) groups excluding carboxylic acids is 1. The van der Waals surface area contributed by atoms with E-state index in [9.17, 15) is 9.90 Å². The molecular weight excluding hydrogens is 322 g/mol. The summed E-state index contributed by atoms with van der Waals surface area (Å²) < 4.78 is 5.15. The topological polar surface area (TPSA) is 109 Å². The maximum atomic E-state index is 11.6. The van der Waals surface area contributed by atoms with Gasteiger partial charge in [-0.2, -0.15) is 0 Å². The number of ether oxygens (including phenoxy) is 1. The van der Waals surface area contributed by atoms with Crippen molar-refractivity contribution in [3.05, 3.63) is 36.7 Å². The van der Waals surface area contributed by atoms with E-state index in [0.29, 0.717) is 29.3 Å². The van der Waals surface area contributed by atoms with Gasteiger partial charge in [0.1, 0.15) is 5.52 Å². The van der Waals surface area contributed by atoms with E-state index in [2.05, 4.69) is 25.6 Å². The summed E-state index contributed by atoms with van der Waals surface area (Å²) in [5.41, 5.74) is 2.58. The van der Waals surface area contributed by atoms with Crippen LogP contribution in [0.5, 0.6) is 11.5 Å². The SMILES string of the molecule is CCNC(=O)Nc1cnc2c(-c3ccc(O)c(OC)c3)ccnc2n1. The van der Waals surface area contributed by atoms with E-state index in [1.807, 2.05) is 6.92 Å². The van der Waals surface area contributed by atoms with Gasteiger partial charge in [0, 0.05) is 18.3 Å². The van der Waals surface area contributed by atoms with Crippen LogP contribution in [0.3, 0.4) is 0 Å². The lowest BCUT2D eigenvalue weighted by molar-refractivity contribution is 0.252. The van der Waals surface area contributed by atoms with Crippen LogP contribution in [-0.4, -0.2) is 39.7 Å². The van der Waals surface area contributed by atoms with Crippen molar-refractivity contribution in [2.24, 2.45) is 0 Å². The first-order chi connectivity index (χ1) is 12.1. The molecule has 2 amide bonds. The molecule has 128 valence electrons. The monoisotopic (exact) mass is 339 g/mol. The number of aromatic hydroxyl groups is 1. The van der Waals surface area contributed by atoms with Crippen LogP contribution in [0.4, 0.5) is 10.6 Å². The number of carbonyl (C=O) groups is 1. The molecule has 3 aromatic rings. The van der Waals surface area contributed by atoms with Crippen molar-refractivity contribution < 1.29 is 14.6 Å². The zero-order chi connectivity index (χ0) is 17.8. The summed E-state index contributed by atoms with van der Waals surface area (Å²) in [5.74, 6) is 0.737. The van der Waals surface area contributed by atoms with Crippen molar-refractivity contribution >= 4 is 23.0 Å². The molecule has 0 atom stereocenters. The maximum absolute atomic E-state index is 11.6. The first kappa shape index (κ1) is 16.4. The van der Waals surface area contributed by atoms with Crippen LogP contribution in [-0.2, 0) is 0 Å². The number of urea groups is 1. The average Bonchev–Trinajstić information content (AvgIpc) is 2.61. The number of anilines is 1. The highest BCUT2D eigenvalue weighted by molar-refractivity contribution is 5.92. The summed E-state index contributed by atoms with van der Waals surface area (Å²) in [5, 5.41) is 15.0. The first-order valence-electron chi connectivity index (χ1n) is 7.66. The quantitative estimate of drug-likeness (QED) is 0.674. The minimum absolute atomic E-state index is 0.0594. The Balaban J connectivity index is 2.01. The lowest BCUT2D eigenvalue weighted by Gasteiger charge is -2.09. The fraction of sp³-hybridized carbons (Fsp3) is 0.176. The number of hydrogen-bond acceptors (Lipinski definition) is 6. The molecule has 0 bridgehead atoms. The highest BCUT2D eigenvalue weighted by Crippen LogP contribution is 2.33. The number of pyridine rings is 1. The zero-order valence-corrected chi connectivity index (χ0v) is 13.8. The number of methoxy groups -OCH3 is 1. The van der Waals surface area contributed by atoms with E-state index >= 15 is 0 Å². The summed E-state index contributed by atoms with van der Waals surface area (Å²) in [4.78, 5) is 24.5. The highest BCUT2D eigenvalue weighted by Gasteiger charge is 2.11. The minimum atomic E-state index is -0.351. The summed E-state index contributed by atoms with van der Waals surface area (Å²) in [6.45, 7) is 2.34. The van der Waals surface area contributed by atoms with Crippen LogP contribution >= 0.6 is 0 Å². The highest BCUT2D eigenvalue weighted by atomic mass is 16.5. The number of aromatic nitrogens is 3. The fourth-order valence-electron chi connectivity index (χ4n) is 2.38. The Kier molecular flexibility index (Phi) is 4.60. The molecule has 2 heterocycles. The van der Waals surface area contributed by atoms with Gasteiger partial charge in [0.2, 0.25) is 0 Å². The third-order valence-electron chi connectivity index (χ3n) is 3.52. The van der Waals surface area contributed by atoms with E-state index < -0.39 is 0 Å². The molecule has 8 heteroatoms. The van der Waals surface area contributed by atoms with Gasteiger partial charge in [0.25, 0.3) is 0 Å². The molecule has 0 unspecified atom stereocenters. The smallest absolute Gasteiger partial charge is 0.320 e. The molecule has 0 spiro atoms. The summed E-state index contributed by atoms with van der Waals surface area (Å²) in [7, 11) is 1.49. The average molecular weight is 339 g/mol. The van der Waals surface area contributed by atoms with Crippen LogP contribution in [0.25, 0.3) is 22.3 Å². The predicted octanol–water partition coefficient (Wildman–Crippen LogP) is 2.55. The molecule has 3 rings (SSSR count).